The van der Waals surface area contributed by atoms with E-state index in [4.69, 9.17) is 0 Å². The van der Waals surface area contributed by atoms with E-state index in [2.05, 4.69) is 139 Å². The van der Waals surface area contributed by atoms with E-state index in [1.165, 1.54) is 97.6 Å². The van der Waals surface area contributed by atoms with Gasteiger partial charge in [0.1, 0.15) is 0 Å². The van der Waals surface area contributed by atoms with Gasteiger partial charge in [0.05, 0.1) is 0 Å². The Hall–Kier alpha value is -2.19. The van der Waals surface area contributed by atoms with Crippen molar-refractivity contribution in [3.8, 4) is 22.3 Å². The summed E-state index contributed by atoms with van der Waals surface area (Å²) in [6.45, 7) is 14.0. The van der Waals surface area contributed by atoms with E-state index >= 15 is 0 Å². The summed E-state index contributed by atoms with van der Waals surface area (Å²) in [7, 11) is 0. The molecule has 55 heavy (non-hydrogen) atoms. The minimum Gasteiger partial charge on any atom is -1.00 e. The molecule has 0 bridgehead atoms. The normalized spacial score (nSPS) is 21.6. The molecule has 0 nitrogen and oxygen atoms in total. The summed E-state index contributed by atoms with van der Waals surface area (Å²) in [4.78, 5) is 0. The predicted molar refractivity (Wildman–Crippen MR) is 225 cm³/mol. The number of halogens is 2. The maximum absolute atomic E-state index is 3.09. The smallest absolute Gasteiger partial charge is 1.00 e. The Morgan fingerprint density at radius 3 is 1.15 bits per heavy atom. The maximum Gasteiger partial charge on any atom is -1.00 e. The van der Waals surface area contributed by atoms with E-state index in [1.54, 1.807) is 30.6 Å². The quantitative estimate of drug-likeness (QED) is 0.169. The van der Waals surface area contributed by atoms with Gasteiger partial charge < -0.3 is 24.8 Å². The molecule has 2 unspecified atom stereocenters. The molecule has 1 saturated heterocycles. The van der Waals surface area contributed by atoms with Crippen LogP contribution in [0.4, 0.5) is 0 Å². The second-order valence-electron chi connectivity index (χ2n) is 19.8. The summed E-state index contributed by atoms with van der Waals surface area (Å²) in [5, 5.41) is 0. The first kappa shape index (κ1) is 41.0. The number of fused-ring (bicyclic) bond motifs is 2. The molecule has 0 aromatic heterocycles. The third kappa shape index (κ3) is 7.51. The van der Waals surface area contributed by atoms with E-state index in [1.807, 2.05) is 11.1 Å². The van der Waals surface area contributed by atoms with Crippen molar-refractivity contribution >= 4 is 12.2 Å². The molecule has 0 radical (unpaired) electrons. The fourth-order valence-electron chi connectivity index (χ4n) is 11.4. The first-order valence-corrected chi connectivity index (χ1v) is 30.7. The van der Waals surface area contributed by atoms with Gasteiger partial charge in [-0.1, -0.05) is 0 Å². The third-order valence-electron chi connectivity index (χ3n) is 14.4. The van der Waals surface area contributed by atoms with Gasteiger partial charge in [0.15, 0.2) is 0 Å². The zero-order valence-corrected chi connectivity index (χ0v) is 39.4. The minimum absolute atomic E-state index is 0. The molecule has 0 N–H and O–H groups in total. The minimum atomic E-state index is -3.09. The van der Waals surface area contributed by atoms with Crippen molar-refractivity contribution in [1.82, 2.24) is 0 Å². The molecule has 4 aliphatic carbocycles. The van der Waals surface area contributed by atoms with Crippen LogP contribution in [0.5, 0.6) is 0 Å². The van der Waals surface area contributed by atoms with Crippen molar-refractivity contribution in [2.45, 2.75) is 132 Å². The Kier molecular flexibility index (Phi) is 11.8. The van der Waals surface area contributed by atoms with Crippen LogP contribution in [0, 0.1) is 11.8 Å². The largest absolute Gasteiger partial charge is 1.00 e. The summed E-state index contributed by atoms with van der Waals surface area (Å²) in [6.07, 6.45) is 19.7. The zero-order valence-electron chi connectivity index (χ0n) is 34.3. The van der Waals surface area contributed by atoms with Crippen LogP contribution >= 0.6 is 0 Å². The van der Waals surface area contributed by atoms with Gasteiger partial charge in [-0.15, -0.1) is 0 Å². The van der Waals surface area contributed by atoms with Gasteiger partial charge in [-0.05, 0) is 0 Å². The molecule has 1 heterocycles. The fraction of sp³-hybridized carbons (Fsp3) is 0.462. The average Bonchev–Trinajstić information content (AvgIpc) is 3.69. The molecule has 0 amide bonds. The van der Waals surface area contributed by atoms with E-state index in [0.29, 0.717) is 0 Å². The van der Waals surface area contributed by atoms with Gasteiger partial charge >= 0.3 is 328 Å². The van der Waals surface area contributed by atoms with Crippen molar-refractivity contribution < 1.29 is 44.8 Å². The fourth-order valence-corrected chi connectivity index (χ4v) is 39.6. The topological polar surface area (TPSA) is 0 Å². The van der Waals surface area contributed by atoms with Crippen molar-refractivity contribution in [3.63, 3.8) is 0 Å². The van der Waals surface area contributed by atoms with Gasteiger partial charge in [-0.2, -0.15) is 0 Å². The van der Waals surface area contributed by atoms with Crippen LogP contribution in [0.2, 0.25) is 8.35 Å². The number of allylic oxidation sites excluding steroid dienone is 2. The summed E-state index contributed by atoms with van der Waals surface area (Å²) in [5.74, 6) is 1.54. The zero-order chi connectivity index (χ0) is 36.5. The molecule has 3 heteroatoms. The number of hydrogen-bond donors (Lipinski definition) is 0. The first-order valence-electron chi connectivity index (χ1n) is 21.4. The Balaban J connectivity index is 0.00000233. The van der Waals surface area contributed by atoms with Crippen LogP contribution in [-0.2, 0) is 30.8 Å². The van der Waals surface area contributed by atoms with Crippen molar-refractivity contribution in [2.75, 3.05) is 0 Å². The second-order valence-corrected chi connectivity index (χ2v) is 36.4. The summed E-state index contributed by atoms with van der Waals surface area (Å²) < 4.78 is 4.58. The summed E-state index contributed by atoms with van der Waals surface area (Å²) in [6, 6.07) is 34.2. The van der Waals surface area contributed by atoms with Crippen molar-refractivity contribution in [2.24, 2.45) is 11.8 Å². The number of benzene rings is 4. The van der Waals surface area contributed by atoms with Gasteiger partial charge in [0.2, 0.25) is 0 Å². The maximum atomic E-state index is 2.80. The molecular weight excluding hydrogens is 874 g/mol. The van der Waals surface area contributed by atoms with Gasteiger partial charge in [-0.3, -0.25) is 0 Å². The molecule has 0 spiro atoms. The van der Waals surface area contributed by atoms with E-state index in [-0.39, 0.29) is 35.6 Å². The monoisotopic (exact) mass is 936 g/mol. The molecule has 288 valence electrons. The van der Waals surface area contributed by atoms with Crippen LogP contribution in [0.15, 0.2) is 96.1 Å². The molecule has 2 atom stereocenters. The van der Waals surface area contributed by atoms with Gasteiger partial charge in [0, 0.05) is 0 Å². The van der Waals surface area contributed by atoms with Crippen molar-refractivity contribution in [3.05, 3.63) is 129 Å². The molecule has 4 aromatic rings. The van der Waals surface area contributed by atoms with Gasteiger partial charge in [0.25, 0.3) is 0 Å². The predicted octanol–water partition coefficient (Wildman–Crippen LogP) is 9.36. The van der Waals surface area contributed by atoms with Crippen LogP contribution in [-0.4, -0.2) is 0 Å². The Labute approximate surface area is 350 Å². The molecule has 2 saturated carbocycles. The number of rotatable bonds is 6. The Bertz CT molecular complexity index is 1910. The van der Waals surface area contributed by atoms with Gasteiger partial charge in [-0.25, -0.2) is 0 Å². The molecule has 5 aliphatic rings. The SMILES string of the molecule is CC(C)(C)c1ccc(-c2cccc3c2C=C(C2CCCCC2)[CH]3[Hf+2]2([CH]3C(C4CCCCC4)=Cc4c(-c5ccc(C(C)(C)C)cc5)cccc43)[CH2][CH2]2)cc1.[Cl-].[Cl-]. The first-order chi connectivity index (χ1) is 25.5. The molecular formula is C52H62Cl2Hf. The van der Waals surface area contributed by atoms with E-state index in [9.17, 15) is 0 Å². The molecule has 1 aliphatic heterocycles. The Morgan fingerprint density at radius 2 is 0.818 bits per heavy atom. The van der Waals surface area contributed by atoms with Crippen LogP contribution < -0.4 is 24.8 Å². The van der Waals surface area contributed by atoms with E-state index in [0.717, 1.165) is 19.2 Å². The summed E-state index contributed by atoms with van der Waals surface area (Å²) >= 11 is -3.09. The molecule has 3 fully saturated rings. The average molecular weight is 936 g/mol. The van der Waals surface area contributed by atoms with Crippen molar-refractivity contribution in [1.29, 1.82) is 0 Å². The van der Waals surface area contributed by atoms with E-state index < -0.39 is 20.0 Å². The third-order valence-corrected chi connectivity index (χ3v) is 33.3. The molecule has 4 aromatic carbocycles. The number of hydrogen-bond acceptors (Lipinski definition) is 0. The van der Waals surface area contributed by atoms with Crippen LogP contribution in [0.3, 0.4) is 0 Å². The summed E-state index contributed by atoms with van der Waals surface area (Å²) in [5.41, 5.74) is 19.3. The standard InChI is InChI=1S/2C25H29.C2H4.2ClH.Hf/c2*1-25(2,3)22-14-12-19(13-15-22)23-11-7-10-20-16-21(17-24(20)23)18-8-5-4-6-9-18;1-2;;;/h2*7,10-18H,4-6,8-9H2,1-3H3;1-2H2;2*1H;/q;;;;;+2/p-2. The van der Waals surface area contributed by atoms with Crippen LogP contribution in [0.1, 0.15) is 146 Å². The second kappa shape index (κ2) is 15.9. The van der Waals surface area contributed by atoms with Crippen LogP contribution in [0.25, 0.3) is 34.4 Å². The molecule has 9 rings (SSSR count). The Morgan fingerprint density at radius 1 is 0.455 bits per heavy atom.